The zero-order valence-corrected chi connectivity index (χ0v) is 65.7. The van der Waals surface area contributed by atoms with Crippen LogP contribution < -0.4 is 119 Å². The van der Waals surface area contributed by atoms with Crippen molar-refractivity contribution in [2.24, 2.45) is 28.7 Å². The van der Waals surface area contributed by atoms with E-state index in [1.807, 2.05) is 24.3 Å². The molecule has 0 spiro atoms. The normalized spacial score (nSPS) is 15.0. The quantitative estimate of drug-likeness (QED) is 0.0274. The van der Waals surface area contributed by atoms with Gasteiger partial charge in [0.1, 0.15) is 90.6 Å². The number of rotatable bonds is 52. The topological polar surface area (TPSA) is 658 Å². The number of hydrogen-bond acceptors (Lipinski definition) is 22. The molecule has 626 valence electrons. The number of carbonyl (C=O) groups is 18. The molecule has 1 aromatic carbocycles. The van der Waals surface area contributed by atoms with Gasteiger partial charge in [-0.2, -0.15) is 0 Å². The second kappa shape index (κ2) is 50.8. The summed E-state index contributed by atoms with van der Waals surface area (Å²) in [6.07, 6.45) is 5.50. The van der Waals surface area contributed by atoms with Crippen molar-refractivity contribution in [1.82, 2.24) is 95.4 Å². The van der Waals surface area contributed by atoms with Crippen LogP contribution in [0.4, 0.5) is 0 Å². The van der Waals surface area contributed by atoms with Gasteiger partial charge in [0.2, 0.25) is 106 Å². The van der Waals surface area contributed by atoms with Gasteiger partial charge in [-0.05, 0) is 184 Å². The lowest BCUT2D eigenvalue weighted by atomic mass is 10.0. The maximum Gasteiger partial charge on any atom is 0.243 e. The number of carbonyl (C=O) groups excluding carboxylic acids is 18. The number of H-pyrrole nitrogens is 1. The van der Waals surface area contributed by atoms with E-state index in [0.717, 1.165) is 16.5 Å². The molecule has 0 aliphatic carbocycles. The van der Waals surface area contributed by atoms with Gasteiger partial charge in [-0.1, -0.05) is 18.2 Å². The highest BCUT2D eigenvalue weighted by Gasteiger charge is 2.35. The summed E-state index contributed by atoms with van der Waals surface area (Å²) in [4.78, 5) is 240. The first-order chi connectivity index (χ1) is 52.8. The van der Waals surface area contributed by atoms with E-state index in [1.54, 1.807) is 6.20 Å². The predicted molar refractivity (Wildman–Crippen MR) is 410 cm³/mol. The number of nitrogens with two attached hydrogens (primary N) is 5. The Morgan fingerprint density at radius 1 is 0.312 bits per heavy atom. The van der Waals surface area contributed by atoms with Crippen molar-refractivity contribution in [2.45, 2.75) is 250 Å². The molecule has 1 aromatic heterocycles. The van der Waals surface area contributed by atoms with Crippen molar-refractivity contribution in [3.63, 3.8) is 0 Å². The first-order valence-corrected chi connectivity index (χ1v) is 37.5. The van der Waals surface area contributed by atoms with Crippen LogP contribution in [-0.4, -0.2) is 241 Å². The van der Waals surface area contributed by atoms with Crippen molar-refractivity contribution < 1.29 is 86.3 Å². The summed E-state index contributed by atoms with van der Waals surface area (Å²) in [7, 11) is 0. The minimum Gasteiger partial charge on any atom is -0.368 e. The Kier molecular flexibility index (Phi) is 44.0. The fraction of sp³-hybridized carbons (Fsp3) is 0.634. The molecule has 1 heterocycles. The average molecular weight is 1580 g/mol. The fourth-order valence-corrected chi connectivity index (χ4v) is 10.6. The van der Waals surface area contributed by atoms with E-state index in [1.165, 1.54) is 76.2 Å². The van der Waals surface area contributed by atoms with E-state index >= 15 is 0 Å². The Balaban J connectivity index is 1.94. The van der Waals surface area contributed by atoms with Gasteiger partial charge in [-0.3, -0.25) is 86.3 Å². The molecule has 112 heavy (non-hydrogen) atoms. The molecule has 15 atom stereocenters. The van der Waals surface area contributed by atoms with Crippen LogP contribution >= 0.6 is 0 Å². The Morgan fingerprint density at radius 2 is 0.589 bits per heavy atom. The van der Waals surface area contributed by atoms with Gasteiger partial charge < -0.3 is 124 Å². The summed E-state index contributed by atoms with van der Waals surface area (Å²) in [6, 6.07) is -11.0. The number of nitrogens with one attached hydrogen (secondary N) is 18. The molecule has 0 bridgehead atoms. The zero-order chi connectivity index (χ0) is 84.5. The second-order valence-electron chi connectivity index (χ2n) is 27.5. The van der Waals surface area contributed by atoms with Crippen molar-refractivity contribution in [3.05, 3.63) is 36.0 Å². The Bertz CT molecular complexity index is 3560. The number of unbranched alkanes of at least 4 members (excludes halogenated alkanes) is 4. The summed E-state index contributed by atoms with van der Waals surface area (Å²) >= 11 is 0. The van der Waals surface area contributed by atoms with Crippen molar-refractivity contribution in [3.8, 4) is 0 Å². The van der Waals surface area contributed by atoms with Crippen LogP contribution in [-0.2, 0) is 92.7 Å². The van der Waals surface area contributed by atoms with Gasteiger partial charge in [-0.25, -0.2) is 0 Å². The fourth-order valence-electron chi connectivity index (χ4n) is 10.6. The second-order valence-corrected chi connectivity index (χ2v) is 27.5. The number of amides is 18. The molecule has 28 N–H and O–H groups in total. The number of hydrogen-bond donors (Lipinski definition) is 23. The Hall–Kier alpha value is -10.9. The summed E-state index contributed by atoms with van der Waals surface area (Å²) in [5.74, 6) is -14.1. The van der Waals surface area contributed by atoms with Gasteiger partial charge in [0.15, 0.2) is 0 Å². The molecular formula is C71H119N23O18. The standard InChI is InChI=1S/C71H119N23O18/c1-36(57(76)98)81-59(100)41(6)87-69(110)52(26-16-20-30-74)93-66(107)45(10)85-60(101)39(4)82-62(103)42(7)88-68(109)51(25-15-19-29-73)91-64(105)38(3)80-56(97)35-78-55(96)34-79-58(99)37(2)86-67(108)50(24-14-18-28-72)92-65(106)44(9)84-61(102)40(5)83-63(104)43(8)89-70(111)53(27-17-21-31-75)94-71(112)54(90-46(11)95)32-47-33-77-49-23-13-12-22-48(47)49/h12-13,22-23,33,36-45,50-54,77H,14-21,24-32,34-35,72-75H2,1-11H3,(H2,76,98)(H,78,96)(H,79,99)(H,80,97)(H,81,100)(H,82,103)(H,83,104)(H,84,102)(H,85,101)(H,86,108)(H,87,110)(H,88,109)(H,89,111)(H,90,95)(H,91,105)(H,92,106)(H,93,107)(H,94,112)/t36-,37-,38-,39-,40-,41-,42-,43-,44-,45-,50-,51-,52-,53-,54-/m0/s1. The summed E-state index contributed by atoms with van der Waals surface area (Å²) in [6.45, 7) is 14.2. The van der Waals surface area contributed by atoms with Gasteiger partial charge in [0.05, 0.1) is 13.1 Å². The molecule has 0 aliphatic heterocycles. The average Bonchev–Trinajstić information content (AvgIpc) is 1.70. The first-order valence-electron chi connectivity index (χ1n) is 37.5. The summed E-state index contributed by atoms with van der Waals surface area (Å²) < 4.78 is 0. The van der Waals surface area contributed by atoms with Crippen LogP contribution in [0.2, 0.25) is 0 Å². The van der Waals surface area contributed by atoms with Crippen LogP contribution in [0.15, 0.2) is 30.5 Å². The third-order valence-electron chi connectivity index (χ3n) is 17.6. The number of fused-ring (bicyclic) bond motifs is 1. The third-order valence-corrected chi connectivity index (χ3v) is 17.6. The van der Waals surface area contributed by atoms with Crippen LogP contribution in [0.5, 0.6) is 0 Å². The van der Waals surface area contributed by atoms with E-state index < -0.39 is 210 Å². The van der Waals surface area contributed by atoms with E-state index in [4.69, 9.17) is 28.7 Å². The van der Waals surface area contributed by atoms with E-state index in [2.05, 4.69) is 95.4 Å². The van der Waals surface area contributed by atoms with Gasteiger partial charge in [0.25, 0.3) is 0 Å². The maximum absolute atomic E-state index is 13.7. The van der Waals surface area contributed by atoms with Gasteiger partial charge >= 0.3 is 0 Å². The molecule has 0 radical (unpaired) electrons. The maximum atomic E-state index is 13.7. The molecule has 0 saturated heterocycles. The van der Waals surface area contributed by atoms with E-state index in [0.29, 0.717) is 64.5 Å². The van der Waals surface area contributed by atoms with Crippen molar-refractivity contribution in [2.75, 3.05) is 39.3 Å². The van der Waals surface area contributed by atoms with Crippen LogP contribution in [0, 0.1) is 0 Å². The smallest absolute Gasteiger partial charge is 0.243 e. The van der Waals surface area contributed by atoms with Crippen molar-refractivity contribution in [1.29, 1.82) is 0 Å². The van der Waals surface area contributed by atoms with E-state index in [-0.39, 0.29) is 45.2 Å². The minimum atomic E-state index is -1.30. The molecule has 2 rings (SSSR count). The van der Waals surface area contributed by atoms with Crippen LogP contribution in [0.3, 0.4) is 0 Å². The van der Waals surface area contributed by atoms with Gasteiger partial charge in [-0.15, -0.1) is 0 Å². The predicted octanol–water partition coefficient (Wildman–Crippen LogP) is -7.56. The Morgan fingerprint density at radius 3 is 0.920 bits per heavy atom. The van der Waals surface area contributed by atoms with E-state index in [9.17, 15) is 86.3 Å². The lowest BCUT2D eigenvalue weighted by Crippen LogP contribution is -2.59. The molecule has 0 unspecified atom stereocenters. The highest BCUT2D eigenvalue weighted by atomic mass is 16.2. The monoisotopic (exact) mass is 1580 g/mol. The SMILES string of the molecule is CC(=O)N[C@@H](Cc1c[nH]c2ccccc12)C(=O)N[C@@H](CCCCN)C(=O)N[C@@H](C)C(=O)N[C@@H](C)C(=O)N[C@@H](C)C(=O)N[C@@H](CCCCN)C(=O)N[C@@H](C)C(=O)NCC(=O)NCC(=O)N[C@@H](C)C(=O)N[C@@H](CCCCN)C(=O)N[C@@H](C)C(=O)N[C@@H](C)C(=O)N[C@@H](C)C(=O)N[C@@H](CCCCN)C(=O)N[C@@H](C)C(=O)N[C@@H](C)C(N)=O. The lowest BCUT2D eigenvalue weighted by molar-refractivity contribution is -0.135. The number of primary amides is 1. The minimum absolute atomic E-state index is 0.0316. The molecule has 41 nitrogen and oxygen atoms in total. The highest BCUT2D eigenvalue weighted by molar-refractivity contribution is 6.01. The molecule has 0 saturated carbocycles. The lowest BCUT2D eigenvalue weighted by Gasteiger charge is -2.25. The molecular weight excluding hydrogens is 1460 g/mol. The largest absolute Gasteiger partial charge is 0.368 e. The van der Waals surface area contributed by atoms with Crippen LogP contribution in [0.25, 0.3) is 10.9 Å². The number of aromatic amines is 1. The highest BCUT2D eigenvalue weighted by Crippen LogP contribution is 2.20. The summed E-state index contributed by atoms with van der Waals surface area (Å²) in [5, 5.41) is 43.0. The third kappa shape index (κ3) is 35.8. The Labute approximate surface area is 650 Å². The van der Waals surface area contributed by atoms with Gasteiger partial charge in [0, 0.05) is 30.4 Å². The molecule has 18 amide bonds. The molecule has 2 aromatic rings. The number of para-hydroxylation sites is 1. The summed E-state index contributed by atoms with van der Waals surface area (Å²) in [5.41, 5.74) is 29.4. The number of aromatic nitrogens is 1. The zero-order valence-electron chi connectivity index (χ0n) is 65.7. The van der Waals surface area contributed by atoms with Crippen molar-refractivity contribution >= 4 is 117 Å². The first kappa shape index (κ1) is 97.1. The molecule has 0 fully saturated rings. The van der Waals surface area contributed by atoms with Crippen LogP contribution in [0.1, 0.15) is 159 Å². The number of benzene rings is 1. The molecule has 0 aliphatic rings. The molecule has 41 heteroatoms.